The molecule has 2 aromatic carbocycles. The predicted molar refractivity (Wildman–Crippen MR) is 92.2 cm³/mol. The monoisotopic (exact) mass is 370 g/mol. The zero-order valence-electron chi connectivity index (χ0n) is 11.5. The maximum absolute atomic E-state index is 6.25. The summed E-state index contributed by atoms with van der Waals surface area (Å²) in [6.07, 6.45) is 1.10. The fourth-order valence-electron chi connectivity index (χ4n) is 2.18. The van der Waals surface area contributed by atoms with Crippen LogP contribution in [0.15, 0.2) is 42.5 Å². The third-order valence-corrected chi connectivity index (χ3v) is 4.75. The highest BCUT2D eigenvalue weighted by molar-refractivity contribution is 9.09. The predicted octanol–water partition coefficient (Wildman–Crippen LogP) is 6.68. The van der Waals surface area contributed by atoms with Crippen molar-refractivity contribution in [2.45, 2.75) is 25.1 Å². The summed E-state index contributed by atoms with van der Waals surface area (Å²) in [5.41, 5.74) is 3.54. The maximum Gasteiger partial charge on any atom is 0.0659 e. The summed E-state index contributed by atoms with van der Waals surface area (Å²) in [5, 5.41) is 1.42. The van der Waals surface area contributed by atoms with Crippen molar-refractivity contribution < 1.29 is 0 Å². The molecule has 0 radical (unpaired) electrons. The molecule has 0 spiro atoms. The molecule has 0 N–H and O–H groups in total. The molecule has 0 fully saturated rings. The average Bonchev–Trinajstić information content (AvgIpc) is 2.41. The van der Waals surface area contributed by atoms with Gasteiger partial charge in [0.2, 0.25) is 0 Å². The van der Waals surface area contributed by atoms with Crippen molar-refractivity contribution in [2.75, 3.05) is 0 Å². The third-order valence-electron chi connectivity index (χ3n) is 3.15. The fourth-order valence-corrected chi connectivity index (χ4v) is 3.41. The molecule has 20 heavy (non-hydrogen) atoms. The first kappa shape index (κ1) is 15.9. The Balaban J connectivity index is 2.24. The molecule has 0 amide bonds. The highest BCUT2D eigenvalue weighted by Gasteiger charge is 2.14. The minimum Gasteiger partial charge on any atom is -0.0843 e. The zero-order chi connectivity index (χ0) is 14.7. The number of rotatable bonds is 4. The van der Waals surface area contributed by atoms with Crippen LogP contribution in [0.4, 0.5) is 0 Å². The minimum absolute atomic E-state index is 0.0572. The number of hydrogen-bond donors (Lipinski definition) is 0. The van der Waals surface area contributed by atoms with Gasteiger partial charge >= 0.3 is 0 Å². The lowest BCUT2D eigenvalue weighted by Gasteiger charge is -2.14. The highest BCUT2D eigenvalue weighted by atomic mass is 79.9. The van der Waals surface area contributed by atoms with Gasteiger partial charge in [0.1, 0.15) is 0 Å². The van der Waals surface area contributed by atoms with Gasteiger partial charge in [0, 0.05) is 10.0 Å². The summed E-state index contributed by atoms with van der Waals surface area (Å²) in [6.45, 7) is 4.46. The molecule has 1 unspecified atom stereocenters. The first-order chi connectivity index (χ1) is 9.47. The molecule has 2 aromatic rings. The first-order valence-corrected chi connectivity index (χ1v) is 8.32. The first-order valence-electron chi connectivity index (χ1n) is 6.65. The van der Waals surface area contributed by atoms with Gasteiger partial charge < -0.3 is 0 Å². The van der Waals surface area contributed by atoms with E-state index in [1.54, 1.807) is 6.07 Å². The molecule has 0 aromatic heterocycles. The second-order valence-electron chi connectivity index (χ2n) is 5.37. The van der Waals surface area contributed by atoms with Crippen LogP contribution in [0.25, 0.3) is 0 Å². The smallest absolute Gasteiger partial charge is 0.0659 e. The van der Waals surface area contributed by atoms with E-state index in [1.807, 2.05) is 12.1 Å². The topological polar surface area (TPSA) is 0 Å². The van der Waals surface area contributed by atoms with Gasteiger partial charge in [-0.05, 0) is 47.2 Å². The van der Waals surface area contributed by atoms with Crippen LogP contribution >= 0.6 is 39.1 Å². The summed E-state index contributed by atoms with van der Waals surface area (Å²) in [6, 6.07) is 14.2. The van der Waals surface area contributed by atoms with Crippen LogP contribution in [-0.2, 0) is 6.42 Å². The van der Waals surface area contributed by atoms with Gasteiger partial charge in [-0.25, -0.2) is 0 Å². The SMILES string of the molecule is CC(C)Cc1ccc(C(Br)c2cc(Cl)ccc2Cl)cc1. The van der Waals surface area contributed by atoms with Crippen LogP contribution < -0.4 is 0 Å². The molecule has 3 heteroatoms. The van der Waals surface area contributed by atoms with Crippen LogP contribution in [0.3, 0.4) is 0 Å². The number of hydrogen-bond acceptors (Lipinski definition) is 0. The van der Waals surface area contributed by atoms with Crippen molar-refractivity contribution in [3.63, 3.8) is 0 Å². The quantitative estimate of drug-likeness (QED) is 0.526. The van der Waals surface area contributed by atoms with E-state index in [2.05, 4.69) is 54.0 Å². The molecule has 0 saturated heterocycles. The van der Waals surface area contributed by atoms with Gasteiger partial charge in [-0.15, -0.1) is 0 Å². The van der Waals surface area contributed by atoms with E-state index in [0.717, 1.165) is 17.0 Å². The Morgan fingerprint density at radius 3 is 2.25 bits per heavy atom. The molecule has 0 saturated carbocycles. The molecule has 0 aliphatic heterocycles. The van der Waals surface area contributed by atoms with E-state index < -0.39 is 0 Å². The summed E-state index contributed by atoms with van der Waals surface area (Å²) in [4.78, 5) is 0.0572. The van der Waals surface area contributed by atoms with Crippen molar-refractivity contribution in [1.82, 2.24) is 0 Å². The summed E-state index contributed by atoms with van der Waals surface area (Å²) in [7, 11) is 0. The van der Waals surface area contributed by atoms with E-state index in [1.165, 1.54) is 11.1 Å². The van der Waals surface area contributed by atoms with Crippen LogP contribution in [0, 0.1) is 5.92 Å². The molecule has 0 nitrogen and oxygen atoms in total. The normalized spacial score (nSPS) is 12.7. The van der Waals surface area contributed by atoms with Crippen molar-refractivity contribution in [3.8, 4) is 0 Å². The van der Waals surface area contributed by atoms with Crippen molar-refractivity contribution in [1.29, 1.82) is 0 Å². The standard InChI is InChI=1S/C17H17BrCl2/c1-11(2)9-12-3-5-13(6-4-12)17(18)15-10-14(19)7-8-16(15)20/h3-8,10-11,17H,9H2,1-2H3. The Morgan fingerprint density at radius 1 is 1.00 bits per heavy atom. The van der Waals surface area contributed by atoms with Crippen molar-refractivity contribution >= 4 is 39.1 Å². The number of alkyl halides is 1. The molecule has 0 aliphatic rings. The highest BCUT2D eigenvalue weighted by Crippen LogP contribution is 2.36. The molecule has 0 heterocycles. The van der Waals surface area contributed by atoms with E-state index in [9.17, 15) is 0 Å². The minimum atomic E-state index is 0.0572. The summed E-state index contributed by atoms with van der Waals surface area (Å²) in [5.74, 6) is 0.669. The summed E-state index contributed by atoms with van der Waals surface area (Å²) >= 11 is 16.0. The van der Waals surface area contributed by atoms with E-state index in [4.69, 9.17) is 23.2 Å². The Hall–Kier alpha value is -0.500. The number of halogens is 3. The maximum atomic E-state index is 6.25. The van der Waals surface area contributed by atoms with Crippen LogP contribution in [0.1, 0.15) is 35.4 Å². The van der Waals surface area contributed by atoms with Crippen molar-refractivity contribution in [2.24, 2.45) is 5.92 Å². The largest absolute Gasteiger partial charge is 0.0843 e. The molecular formula is C17H17BrCl2. The molecule has 0 aliphatic carbocycles. The van der Waals surface area contributed by atoms with Gasteiger partial charge in [0.15, 0.2) is 0 Å². The molecule has 2 rings (SSSR count). The second kappa shape index (κ2) is 6.98. The molecule has 106 valence electrons. The lowest BCUT2D eigenvalue weighted by Crippen LogP contribution is -1.97. The molecule has 1 atom stereocenters. The van der Waals surface area contributed by atoms with Crippen LogP contribution in [0.2, 0.25) is 10.0 Å². The molecule has 0 bridgehead atoms. The van der Waals surface area contributed by atoms with Gasteiger partial charge in [0.05, 0.1) is 4.83 Å². The third kappa shape index (κ3) is 4.00. The van der Waals surface area contributed by atoms with Gasteiger partial charge in [-0.3, -0.25) is 0 Å². The lowest BCUT2D eigenvalue weighted by atomic mass is 9.99. The van der Waals surface area contributed by atoms with Crippen molar-refractivity contribution in [3.05, 3.63) is 69.2 Å². The lowest BCUT2D eigenvalue weighted by molar-refractivity contribution is 0.647. The Bertz CT molecular complexity index is 576. The van der Waals surface area contributed by atoms with Gasteiger partial charge in [0.25, 0.3) is 0 Å². The number of benzene rings is 2. The van der Waals surface area contributed by atoms with E-state index >= 15 is 0 Å². The second-order valence-corrected chi connectivity index (χ2v) is 7.13. The summed E-state index contributed by atoms with van der Waals surface area (Å²) < 4.78 is 0. The molecular weight excluding hydrogens is 355 g/mol. The van der Waals surface area contributed by atoms with E-state index in [-0.39, 0.29) is 4.83 Å². The zero-order valence-corrected chi connectivity index (χ0v) is 14.6. The average molecular weight is 372 g/mol. The Morgan fingerprint density at radius 2 is 1.65 bits per heavy atom. The Labute approximate surface area is 139 Å². The van der Waals surface area contributed by atoms with Crippen LogP contribution in [-0.4, -0.2) is 0 Å². The van der Waals surface area contributed by atoms with Crippen LogP contribution in [0.5, 0.6) is 0 Å². The van der Waals surface area contributed by atoms with E-state index in [0.29, 0.717) is 10.9 Å². The van der Waals surface area contributed by atoms with Gasteiger partial charge in [-0.1, -0.05) is 77.2 Å². The fraction of sp³-hybridized carbons (Fsp3) is 0.294. The Kier molecular flexibility index (Phi) is 5.54. The van der Waals surface area contributed by atoms with Gasteiger partial charge in [-0.2, -0.15) is 0 Å².